The highest BCUT2D eigenvalue weighted by atomic mass is 16.3. The fourth-order valence-electron chi connectivity index (χ4n) is 3.57. The molecule has 0 atom stereocenters. The Hall–Kier alpha value is -2.92. The molecule has 0 bridgehead atoms. The van der Waals surface area contributed by atoms with E-state index in [-0.39, 0.29) is 0 Å². The summed E-state index contributed by atoms with van der Waals surface area (Å²) in [4.78, 5) is 13.6. The van der Waals surface area contributed by atoms with Crippen molar-refractivity contribution in [3.8, 4) is 17.0 Å². The summed E-state index contributed by atoms with van der Waals surface area (Å²) in [6, 6.07) is 16.1. The van der Waals surface area contributed by atoms with E-state index in [0.717, 1.165) is 55.4 Å². The van der Waals surface area contributed by atoms with Gasteiger partial charge in [0.05, 0.1) is 11.4 Å². The van der Waals surface area contributed by atoms with Gasteiger partial charge >= 0.3 is 0 Å². The van der Waals surface area contributed by atoms with Crippen molar-refractivity contribution in [3.63, 3.8) is 0 Å². The number of rotatable bonds is 4. The maximum absolute atomic E-state index is 9.67. The smallest absolute Gasteiger partial charge is 0.117 e. The first kappa shape index (κ1) is 17.5. The largest absolute Gasteiger partial charge is 0.508 e. The molecule has 3 aromatic rings. The molecule has 1 aliphatic heterocycles. The number of phenols is 1. The van der Waals surface area contributed by atoms with Crippen LogP contribution in [0.15, 0.2) is 60.9 Å². The number of hydrogen-bond donors (Lipinski definition) is 1. The lowest BCUT2D eigenvalue weighted by Gasteiger charge is -2.36. The lowest BCUT2D eigenvalue weighted by Crippen LogP contribution is -2.45. The van der Waals surface area contributed by atoms with Crippen LogP contribution in [0, 0.1) is 6.92 Å². The Kier molecular flexibility index (Phi) is 5.03. The van der Waals surface area contributed by atoms with Gasteiger partial charge in [0, 0.05) is 62.4 Å². The summed E-state index contributed by atoms with van der Waals surface area (Å²) in [7, 11) is 0. The molecule has 4 rings (SSSR count). The normalized spacial score (nSPS) is 15.1. The minimum atomic E-state index is 0.327. The molecule has 5 nitrogen and oxygen atoms in total. The second kappa shape index (κ2) is 7.76. The average Bonchev–Trinajstić information content (AvgIpc) is 2.70. The van der Waals surface area contributed by atoms with E-state index in [4.69, 9.17) is 0 Å². The summed E-state index contributed by atoms with van der Waals surface area (Å²) in [6.07, 6.45) is 3.46. The topological polar surface area (TPSA) is 52.5 Å². The van der Waals surface area contributed by atoms with Crippen molar-refractivity contribution in [1.29, 1.82) is 0 Å². The summed E-state index contributed by atoms with van der Waals surface area (Å²) in [5.74, 6) is 0.327. The summed E-state index contributed by atoms with van der Waals surface area (Å²) in [5.41, 5.74) is 5.42. The molecular formula is C22H24N4O. The van der Waals surface area contributed by atoms with E-state index in [0.29, 0.717) is 5.75 Å². The van der Waals surface area contributed by atoms with E-state index in [1.165, 1.54) is 5.56 Å². The number of benzene rings is 2. The molecule has 1 fully saturated rings. The Morgan fingerprint density at radius 3 is 2.37 bits per heavy atom. The predicted molar refractivity (Wildman–Crippen MR) is 108 cm³/mol. The lowest BCUT2D eigenvalue weighted by molar-refractivity contribution is 0.250. The van der Waals surface area contributed by atoms with Crippen molar-refractivity contribution in [3.05, 3.63) is 72.2 Å². The molecule has 1 N–H and O–H groups in total. The highest BCUT2D eigenvalue weighted by Crippen LogP contribution is 2.23. The molecule has 0 radical (unpaired) electrons. The highest BCUT2D eigenvalue weighted by Gasteiger charge is 2.17. The van der Waals surface area contributed by atoms with Gasteiger partial charge in [-0.05, 0) is 24.6 Å². The third-order valence-corrected chi connectivity index (χ3v) is 5.08. The highest BCUT2D eigenvalue weighted by molar-refractivity contribution is 5.61. The van der Waals surface area contributed by atoms with E-state index < -0.39 is 0 Å². The fraction of sp³-hybridized carbons (Fsp3) is 0.273. The van der Waals surface area contributed by atoms with Gasteiger partial charge in [0.1, 0.15) is 5.75 Å². The fourth-order valence-corrected chi connectivity index (χ4v) is 3.57. The van der Waals surface area contributed by atoms with Crippen molar-refractivity contribution in [2.45, 2.75) is 13.5 Å². The molecule has 27 heavy (non-hydrogen) atoms. The van der Waals surface area contributed by atoms with E-state index >= 15 is 0 Å². The summed E-state index contributed by atoms with van der Waals surface area (Å²) >= 11 is 0. The summed E-state index contributed by atoms with van der Waals surface area (Å²) < 4.78 is 0. The molecule has 2 heterocycles. The predicted octanol–water partition coefficient (Wildman–Crippen LogP) is 3.48. The molecule has 0 aliphatic carbocycles. The molecule has 0 spiro atoms. The number of aryl methyl sites for hydroxylation is 1. The molecule has 0 saturated carbocycles. The number of phenolic OH excluding ortho intramolecular Hbond substituents is 1. The van der Waals surface area contributed by atoms with Crippen LogP contribution in [0.2, 0.25) is 0 Å². The number of aromatic nitrogens is 2. The third-order valence-electron chi connectivity index (χ3n) is 5.08. The lowest BCUT2D eigenvalue weighted by atomic mass is 10.1. The second-order valence-corrected chi connectivity index (χ2v) is 6.97. The number of nitrogens with zero attached hydrogens (tertiary/aromatic N) is 4. The molecule has 5 heteroatoms. The van der Waals surface area contributed by atoms with E-state index in [2.05, 4.69) is 50.1 Å². The SMILES string of the molecule is Cc1nccnc1-c1ccc(CN2CCN(c3cccc(O)c3)CC2)cc1. The third kappa shape index (κ3) is 4.09. The van der Waals surface area contributed by atoms with Crippen LogP contribution in [0.3, 0.4) is 0 Å². The number of anilines is 1. The van der Waals surface area contributed by atoms with Crippen molar-refractivity contribution < 1.29 is 5.11 Å². The molecule has 138 valence electrons. The van der Waals surface area contributed by atoms with E-state index in [9.17, 15) is 5.11 Å². The molecule has 1 aromatic heterocycles. The summed E-state index contributed by atoms with van der Waals surface area (Å²) in [5, 5.41) is 9.67. The first-order chi connectivity index (χ1) is 13.2. The van der Waals surface area contributed by atoms with Crippen molar-refractivity contribution in [2.75, 3.05) is 31.1 Å². The van der Waals surface area contributed by atoms with Gasteiger partial charge in [-0.2, -0.15) is 0 Å². The maximum Gasteiger partial charge on any atom is 0.117 e. The van der Waals surface area contributed by atoms with Crippen LogP contribution >= 0.6 is 0 Å². The van der Waals surface area contributed by atoms with Crippen LogP contribution < -0.4 is 4.90 Å². The van der Waals surface area contributed by atoms with Crippen LogP contribution in [-0.2, 0) is 6.54 Å². The Bertz CT molecular complexity index is 902. The van der Waals surface area contributed by atoms with Gasteiger partial charge in [0.2, 0.25) is 0 Å². The number of piperazine rings is 1. The molecule has 0 amide bonds. The second-order valence-electron chi connectivity index (χ2n) is 6.97. The van der Waals surface area contributed by atoms with Crippen LogP contribution in [-0.4, -0.2) is 46.2 Å². The zero-order valence-electron chi connectivity index (χ0n) is 15.5. The van der Waals surface area contributed by atoms with Gasteiger partial charge in [-0.3, -0.25) is 14.9 Å². The first-order valence-electron chi connectivity index (χ1n) is 9.32. The Balaban J connectivity index is 1.36. The molecule has 1 aliphatic rings. The van der Waals surface area contributed by atoms with Gasteiger partial charge in [0.15, 0.2) is 0 Å². The summed E-state index contributed by atoms with van der Waals surface area (Å²) in [6.45, 7) is 6.91. The van der Waals surface area contributed by atoms with Crippen LogP contribution in [0.1, 0.15) is 11.3 Å². The van der Waals surface area contributed by atoms with Crippen LogP contribution in [0.5, 0.6) is 5.75 Å². The average molecular weight is 360 g/mol. The Labute approximate surface area is 159 Å². The van der Waals surface area contributed by atoms with Crippen LogP contribution in [0.4, 0.5) is 5.69 Å². The number of aromatic hydroxyl groups is 1. The molecule has 2 aromatic carbocycles. The molecule has 0 unspecified atom stereocenters. The van der Waals surface area contributed by atoms with Crippen molar-refractivity contribution in [1.82, 2.24) is 14.9 Å². The first-order valence-corrected chi connectivity index (χ1v) is 9.32. The van der Waals surface area contributed by atoms with Gasteiger partial charge in [-0.15, -0.1) is 0 Å². The van der Waals surface area contributed by atoms with E-state index in [1.807, 2.05) is 19.1 Å². The quantitative estimate of drug-likeness (QED) is 0.772. The van der Waals surface area contributed by atoms with E-state index in [1.54, 1.807) is 18.5 Å². The minimum absolute atomic E-state index is 0.327. The van der Waals surface area contributed by atoms with Crippen molar-refractivity contribution in [2.24, 2.45) is 0 Å². The standard InChI is InChI=1S/C22H24N4O/c1-17-22(24-10-9-23-17)19-7-5-18(6-8-19)16-25-11-13-26(14-12-25)20-3-2-4-21(27)15-20/h2-10,15,27H,11-14,16H2,1H3. The zero-order chi connectivity index (χ0) is 18.6. The van der Waals surface area contributed by atoms with Gasteiger partial charge in [0.25, 0.3) is 0 Å². The molecule has 1 saturated heterocycles. The number of hydrogen-bond acceptors (Lipinski definition) is 5. The van der Waals surface area contributed by atoms with Gasteiger partial charge < -0.3 is 10.0 Å². The van der Waals surface area contributed by atoms with Gasteiger partial charge in [-0.25, -0.2) is 0 Å². The van der Waals surface area contributed by atoms with Gasteiger partial charge in [-0.1, -0.05) is 30.3 Å². The monoisotopic (exact) mass is 360 g/mol. The van der Waals surface area contributed by atoms with Crippen LogP contribution in [0.25, 0.3) is 11.3 Å². The zero-order valence-corrected chi connectivity index (χ0v) is 15.5. The van der Waals surface area contributed by atoms with Crippen molar-refractivity contribution >= 4 is 5.69 Å². The minimum Gasteiger partial charge on any atom is -0.508 e. The molecular weight excluding hydrogens is 336 g/mol. The Morgan fingerprint density at radius 1 is 0.926 bits per heavy atom. The maximum atomic E-state index is 9.67. The Morgan fingerprint density at radius 2 is 1.67 bits per heavy atom.